The molecule has 0 amide bonds. The van der Waals surface area contributed by atoms with Crippen molar-refractivity contribution in [3.05, 3.63) is 39.6 Å². The van der Waals surface area contributed by atoms with Gasteiger partial charge >= 0.3 is 0 Å². The molecule has 0 fully saturated rings. The topological polar surface area (TPSA) is 49.8 Å². The van der Waals surface area contributed by atoms with E-state index in [-0.39, 0.29) is 5.69 Å². The maximum absolute atomic E-state index is 13.9. The highest BCUT2D eigenvalue weighted by molar-refractivity contribution is 9.10. The molecule has 0 saturated carbocycles. The summed E-state index contributed by atoms with van der Waals surface area (Å²) in [6.45, 7) is 6.14. The lowest BCUT2D eigenvalue weighted by molar-refractivity contribution is 0.589. The maximum Gasteiger partial charge on any atom is 0.150 e. The third-order valence-electron chi connectivity index (χ3n) is 2.85. The molecule has 0 aliphatic carbocycles. The fraction of sp³-hybridized carbons (Fsp3) is 0.286. The molecule has 2 rings (SSSR count). The Morgan fingerprint density at radius 2 is 1.67 bits per heavy atom. The fourth-order valence-corrected chi connectivity index (χ4v) is 2.27. The van der Waals surface area contributed by atoms with Crippen LogP contribution in [0.4, 0.5) is 26.1 Å². The number of anilines is 3. The second-order valence-electron chi connectivity index (χ2n) is 4.49. The molecule has 0 aliphatic heterocycles. The van der Waals surface area contributed by atoms with Crippen molar-refractivity contribution in [2.24, 2.45) is 0 Å². The lowest BCUT2D eigenvalue weighted by Gasteiger charge is -2.14. The Labute approximate surface area is 130 Å². The lowest BCUT2D eigenvalue weighted by Crippen LogP contribution is -2.09. The van der Waals surface area contributed by atoms with Gasteiger partial charge in [0, 0.05) is 16.6 Å². The van der Waals surface area contributed by atoms with E-state index in [9.17, 15) is 8.78 Å². The summed E-state index contributed by atoms with van der Waals surface area (Å²) in [5, 5.41) is 5.81. The minimum atomic E-state index is -0.692. The summed E-state index contributed by atoms with van der Waals surface area (Å²) >= 11 is 3.05. The van der Waals surface area contributed by atoms with Crippen LogP contribution in [0.15, 0.2) is 16.6 Å². The minimum absolute atomic E-state index is 0.234. The quantitative estimate of drug-likeness (QED) is 0.856. The van der Waals surface area contributed by atoms with E-state index in [1.54, 1.807) is 13.8 Å². The van der Waals surface area contributed by atoms with Crippen LogP contribution in [0.5, 0.6) is 0 Å². The zero-order chi connectivity index (χ0) is 15.6. The second kappa shape index (κ2) is 6.34. The smallest absolute Gasteiger partial charge is 0.150 e. The van der Waals surface area contributed by atoms with E-state index in [1.807, 2.05) is 6.92 Å². The van der Waals surface area contributed by atoms with E-state index in [0.717, 1.165) is 0 Å². The standard InChI is InChI=1S/C14H15BrF2N4/c1-4-18-13-7(2)14(20-8(3)19-13)21-12-10(16)5-9(15)6-11(12)17/h5-6H,4H2,1-3H3,(H2,18,19,20,21). The molecule has 0 spiro atoms. The number of nitrogens with zero attached hydrogens (tertiary/aromatic N) is 2. The molecule has 2 N–H and O–H groups in total. The van der Waals surface area contributed by atoms with E-state index in [4.69, 9.17) is 0 Å². The zero-order valence-electron chi connectivity index (χ0n) is 11.9. The predicted octanol–water partition coefficient (Wildman–Crippen LogP) is 4.31. The summed E-state index contributed by atoms with van der Waals surface area (Å²) < 4.78 is 28.1. The van der Waals surface area contributed by atoms with Gasteiger partial charge in [-0.3, -0.25) is 0 Å². The molecule has 0 saturated heterocycles. The Hall–Kier alpha value is -1.76. The van der Waals surface area contributed by atoms with Crippen molar-refractivity contribution in [3.8, 4) is 0 Å². The van der Waals surface area contributed by atoms with Gasteiger partial charge < -0.3 is 10.6 Å². The van der Waals surface area contributed by atoms with Crippen molar-refractivity contribution in [3.63, 3.8) is 0 Å². The average Bonchev–Trinajstić information content (AvgIpc) is 2.39. The van der Waals surface area contributed by atoms with Gasteiger partial charge in [-0.1, -0.05) is 15.9 Å². The van der Waals surface area contributed by atoms with Crippen LogP contribution >= 0.6 is 15.9 Å². The summed E-state index contributed by atoms with van der Waals surface area (Å²) in [4.78, 5) is 8.47. The Balaban J connectivity index is 2.45. The van der Waals surface area contributed by atoms with Gasteiger partial charge in [0.2, 0.25) is 0 Å². The first-order valence-corrected chi connectivity index (χ1v) is 7.22. The summed E-state index contributed by atoms with van der Waals surface area (Å²) in [5.74, 6) is 0.145. The minimum Gasteiger partial charge on any atom is -0.370 e. The van der Waals surface area contributed by atoms with E-state index >= 15 is 0 Å². The Morgan fingerprint density at radius 1 is 1.10 bits per heavy atom. The summed E-state index contributed by atoms with van der Waals surface area (Å²) in [6.07, 6.45) is 0. The van der Waals surface area contributed by atoms with Crippen LogP contribution in [0.25, 0.3) is 0 Å². The summed E-state index contributed by atoms with van der Waals surface area (Å²) in [6, 6.07) is 2.39. The molecule has 1 aromatic carbocycles. The molecule has 1 heterocycles. The van der Waals surface area contributed by atoms with Gasteiger partial charge in [0.15, 0.2) is 11.6 Å². The highest BCUT2D eigenvalue weighted by atomic mass is 79.9. The normalized spacial score (nSPS) is 10.6. The van der Waals surface area contributed by atoms with Crippen molar-refractivity contribution in [1.29, 1.82) is 0 Å². The third-order valence-corrected chi connectivity index (χ3v) is 3.31. The van der Waals surface area contributed by atoms with Crippen LogP contribution in [0.1, 0.15) is 18.3 Å². The van der Waals surface area contributed by atoms with Crippen LogP contribution in [-0.2, 0) is 0 Å². The van der Waals surface area contributed by atoms with Gasteiger partial charge in [0.05, 0.1) is 0 Å². The predicted molar refractivity (Wildman–Crippen MR) is 83.0 cm³/mol. The first-order valence-electron chi connectivity index (χ1n) is 6.43. The monoisotopic (exact) mass is 356 g/mol. The van der Waals surface area contributed by atoms with Crippen molar-refractivity contribution in [2.75, 3.05) is 17.2 Å². The van der Waals surface area contributed by atoms with Gasteiger partial charge in [-0.05, 0) is 32.9 Å². The van der Waals surface area contributed by atoms with Crippen LogP contribution in [0.2, 0.25) is 0 Å². The highest BCUT2D eigenvalue weighted by Crippen LogP contribution is 2.29. The number of aromatic nitrogens is 2. The molecule has 0 aliphatic rings. The number of aryl methyl sites for hydroxylation is 1. The van der Waals surface area contributed by atoms with Crippen molar-refractivity contribution in [1.82, 2.24) is 9.97 Å². The van der Waals surface area contributed by atoms with Crippen molar-refractivity contribution >= 4 is 33.3 Å². The number of halogens is 3. The molecule has 21 heavy (non-hydrogen) atoms. The molecule has 1 aromatic heterocycles. The van der Waals surface area contributed by atoms with E-state index in [2.05, 4.69) is 36.5 Å². The fourth-order valence-electron chi connectivity index (χ4n) is 1.87. The van der Waals surface area contributed by atoms with Crippen molar-refractivity contribution in [2.45, 2.75) is 20.8 Å². The van der Waals surface area contributed by atoms with Gasteiger partial charge in [0.1, 0.15) is 23.1 Å². The molecule has 7 heteroatoms. The van der Waals surface area contributed by atoms with E-state index in [0.29, 0.717) is 34.0 Å². The highest BCUT2D eigenvalue weighted by Gasteiger charge is 2.15. The van der Waals surface area contributed by atoms with Crippen LogP contribution in [-0.4, -0.2) is 16.5 Å². The molecule has 4 nitrogen and oxygen atoms in total. The van der Waals surface area contributed by atoms with Gasteiger partial charge in [-0.2, -0.15) is 0 Å². The molecule has 2 aromatic rings. The third kappa shape index (κ3) is 3.47. The summed E-state index contributed by atoms with van der Waals surface area (Å²) in [7, 11) is 0. The van der Waals surface area contributed by atoms with Crippen LogP contribution in [0.3, 0.4) is 0 Å². The van der Waals surface area contributed by atoms with Gasteiger partial charge in [0.25, 0.3) is 0 Å². The van der Waals surface area contributed by atoms with Gasteiger partial charge in [-0.15, -0.1) is 0 Å². The van der Waals surface area contributed by atoms with E-state index in [1.165, 1.54) is 12.1 Å². The van der Waals surface area contributed by atoms with Crippen LogP contribution < -0.4 is 10.6 Å². The summed E-state index contributed by atoms with van der Waals surface area (Å²) in [5.41, 5.74) is 0.464. The van der Waals surface area contributed by atoms with Crippen molar-refractivity contribution < 1.29 is 8.78 Å². The lowest BCUT2D eigenvalue weighted by atomic mass is 10.2. The number of rotatable bonds is 4. The zero-order valence-corrected chi connectivity index (χ0v) is 13.5. The molecular weight excluding hydrogens is 342 g/mol. The SMILES string of the molecule is CCNc1nc(C)nc(Nc2c(F)cc(Br)cc2F)c1C. The Morgan fingerprint density at radius 3 is 2.24 bits per heavy atom. The first-order chi connectivity index (χ1) is 9.92. The molecular formula is C14H15BrF2N4. The maximum atomic E-state index is 13.9. The largest absolute Gasteiger partial charge is 0.370 e. The number of hydrogen-bond acceptors (Lipinski definition) is 4. The van der Waals surface area contributed by atoms with Gasteiger partial charge in [-0.25, -0.2) is 18.7 Å². The Kier molecular flexibility index (Phi) is 4.72. The number of benzene rings is 1. The second-order valence-corrected chi connectivity index (χ2v) is 5.41. The Bertz CT molecular complexity index is 653. The molecule has 0 unspecified atom stereocenters. The first kappa shape index (κ1) is 15.6. The average molecular weight is 357 g/mol. The molecule has 0 bridgehead atoms. The number of nitrogens with one attached hydrogen (secondary N) is 2. The molecule has 0 atom stereocenters. The molecule has 0 radical (unpaired) electrons. The molecule has 112 valence electrons. The van der Waals surface area contributed by atoms with Crippen LogP contribution in [0, 0.1) is 25.5 Å². The number of hydrogen-bond donors (Lipinski definition) is 2. The van der Waals surface area contributed by atoms with E-state index < -0.39 is 11.6 Å².